The van der Waals surface area contributed by atoms with Crippen molar-refractivity contribution < 1.29 is 61.8 Å². The minimum atomic E-state index is -0.941. The quantitative estimate of drug-likeness (QED) is 0.334. The Kier molecular flexibility index (Phi) is 9.99. The van der Waals surface area contributed by atoms with E-state index in [1.54, 1.807) is 48.5 Å². The highest BCUT2D eigenvalue weighted by atomic mass is 16.8. The Balaban J connectivity index is 1.55. The molecule has 0 aromatic heterocycles. The van der Waals surface area contributed by atoms with Crippen LogP contribution in [0.15, 0.2) is 0 Å². The molecule has 0 aromatic carbocycles. The van der Waals surface area contributed by atoms with Crippen LogP contribution >= 0.6 is 0 Å². The lowest BCUT2D eigenvalue weighted by Gasteiger charge is -2.31. The van der Waals surface area contributed by atoms with Crippen LogP contribution in [0.5, 0.6) is 0 Å². The van der Waals surface area contributed by atoms with E-state index >= 15 is 0 Å². The molecule has 2 amide bonds. The summed E-state index contributed by atoms with van der Waals surface area (Å²) in [4.78, 5) is 39.0. The largest absolute Gasteiger partial charge is 0.469 e. The van der Waals surface area contributed by atoms with Gasteiger partial charge in [-0.1, -0.05) is 0 Å². The van der Waals surface area contributed by atoms with Gasteiger partial charge in [-0.2, -0.15) is 0 Å². The van der Waals surface area contributed by atoms with Crippen molar-refractivity contribution >= 4 is 18.0 Å². The van der Waals surface area contributed by atoms with Crippen molar-refractivity contribution in [1.29, 1.82) is 0 Å². The van der Waals surface area contributed by atoms with Crippen LogP contribution in [-0.2, 0) is 57.0 Å². The van der Waals surface area contributed by atoms with Crippen molar-refractivity contribution in [3.8, 4) is 0 Å². The summed E-state index contributed by atoms with van der Waals surface area (Å²) in [6, 6.07) is -1.83. The monoisotopic (exact) mass is 618 g/mol. The molecule has 0 bridgehead atoms. The van der Waals surface area contributed by atoms with Crippen LogP contribution in [0.1, 0.15) is 61.3 Å². The van der Waals surface area contributed by atoms with Gasteiger partial charge < -0.3 is 58.0 Å². The minimum Gasteiger partial charge on any atom is -0.469 e. The van der Waals surface area contributed by atoms with Crippen molar-refractivity contribution in [2.24, 2.45) is 0 Å². The Morgan fingerprint density at radius 1 is 0.721 bits per heavy atom. The molecule has 2 N–H and O–H groups in total. The predicted octanol–water partition coefficient (Wildman–Crippen LogP) is 1.10. The van der Waals surface area contributed by atoms with Crippen molar-refractivity contribution in [3.63, 3.8) is 0 Å². The van der Waals surface area contributed by atoms with Crippen LogP contribution in [0.4, 0.5) is 4.79 Å². The Bertz CT molecular complexity index is 1030. The highest BCUT2D eigenvalue weighted by Crippen LogP contribution is 2.42. The number of rotatable bonds is 10. The third kappa shape index (κ3) is 7.95. The van der Waals surface area contributed by atoms with E-state index in [-0.39, 0.29) is 12.8 Å². The zero-order valence-electron chi connectivity index (χ0n) is 26.5. The van der Waals surface area contributed by atoms with Gasteiger partial charge in [0.25, 0.3) is 0 Å². The number of methoxy groups -OCH3 is 3. The molecule has 4 heterocycles. The maximum atomic E-state index is 13.7. The number of hydrogen-bond acceptors (Lipinski definition) is 13. The van der Waals surface area contributed by atoms with E-state index < -0.39 is 96.4 Å². The van der Waals surface area contributed by atoms with E-state index in [4.69, 9.17) is 47.4 Å². The SMILES string of the molecule is COC(=O)C[C@H](NC(=O)C[C@@H](NC(=O)OC(C)(C)C)[C@H]1O[C@H](OC)[C@H]2OC(C)(C)O[C@H]21)[C@H]1O[C@H](OC)[C@H]2OC(C)(C)O[C@H]21. The molecule has 0 spiro atoms. The molecular weight excluding hydrogens is 572 g/mol. The van der Waals surface area contributed by atoms with E-state index in [1.807, 2.05) is 0 Å². The normalized spacial score (nSPS) is 35.5. The first-order valence-electron chi connectivity index (χ1n) is 14.4. The standard InChI is InChI=1S/C28H46N2O13/c1-26(2,3)43-25(33)30-13(17-19-21(23(35-9)37-17)41-27(4,5)39-19)11-15(31)29-14(12-16(32)34-8)18-20-22(24(36-10)38-18)42-28(6,7)40-20/h13-14,17-24H,11-12H2,1-10H3,(H,29,31)(H,30,33)/t13-,14+,17-,18-,19+,20+,21+,22+,23+,24+/m1/s1. The van der Waals surface area contributed by atoms with Gasteiger partial charge in [-0.15, -0.1) is 0 Å². The van der Waals surface area contributed by atoms with Crippen LogP contribution < -0.4 is 10.6 Å². The molecule has 0 aromatic rings. The number of ether oxygens (including phenoxy) is 10. The van der Waals surface area contributed by atoms with Crippen molar-refractivity contribution in [1.82, 2.24) is 10.6 Å². The number of esters is 1. The molecule has 4 aliphatic heterocycles. The van der Waals surface area contributed by atoms with Crippen molar-refractivity contribution in [3.05, 3.63) is 0 Å². The van der Waals surface area contributed by atoms with Crippen molar-refractivity contribution in [2.75, 3.05) is 21.3 Å². The number of carbonyl (C=O) groups excluding carboxylic acids is 3. The van der Waals surface area contributed by atoms with Crippen LogP contribution in [-0.4, -0.2) is 118 Å². The van der Waals surface area contributed by atoms with Gasteiger partial charge in [0.15, 0.2) is 24.2 Å². The van der Waals surface area contributed by atoms with Gasteiger partial charge in [0, 0.05) is 20.6 Å². The number of fused-ring (bicyclic) bond motifs is 2. The van der Waals surface area contributed by atoms with Gasteiger partial charge in [0.05, 0.1) is 25.6 Å². The average Bonchev–Trinajstić information content (AvgIpc) is 3.57. The Morgan fingerprint density at radius 2 is 1.16 bits per heavy atom. The third-order valence-corrected chi connectivity index (χ3v) is 7.42. The van der Waals surface area contributed by atoms with Crippen LogP contribution in [0.25, 0.3) is 0 Å². The van der Waals surface area contributed by atoms with Gasteiger partial charge in [0.1, 0.15) is 42.2 Å². The fourth-order valence-electron chi connectivity index (χ4n) is 5.90. The first-order valence-corrected chi connectivity index (χ1v) is 14.4. The summed E-state index contributed by atoms with van der Waals surface area (Å²) in [7, 11) is 4.19. The summed E-state index contributed by atoms with van der Waals surface area (Å²) in [5.74, 6) is -2.96. The maximum Gasteiger partial charge on any atom is 0.407 e. The molecule has 15 nitrogen and oxygen atoms in total. The summed E-state index contributed by atoms with van der Waals surface area (Å²) >= 11 is 0. The molecular formula is C28H46N2O13. The summed E-state index contributed by atoms with van der Waals surface area (Å²) < 4.78 is 57.6. The molecule has 0 radical (unpaired) electrons. The predicted molar refractivity (Wildman–Crippen MR) is 145 cm³/mol. The number of alkyl carbamates (subject to hydrolysis) is 1. The smallest absolute Gasteiger partial charge is 0.407 e. The molecule has 43 heavy (non-hydrogen) atoms. The zero-order valence-corrected chi connectivity index (χ0v) is 26.5. The third-order valence-electron chi connectivity index (χ3n) is 7.42. The van der Waals surface area contributed by atoms with Gasteiger partial charge in [-0.05, 0) is 48.5 Å². The van der Waals surface area contributed by atoms with Gasteiger partial charge in [-0.3, -0.25) is 9.59 Å². The summed E-state index contributed by atoms with van der Waals surface area (Å²) in [5.41, 5.74) is -0.795. The topological polar surface area (TPSA) is 168 Å². The van der Waals surface area contributed by atoms with E-state index in [0.717, 1.165) is 0 Å². The number of carbonyl (C=O) groups is 3. The first kappa shape index (κ1) is 33.8. The Labute approximate surface area is 251 Å². The summed E-state index contributed by atoms with van der Waals surface area (Å²) in [6.07, 6.45) is -6.96. The molecule has 4 aliphatic rings. The molecule has 0 saturated carbocycles. The fraction of sp³-hybridized carbons (Fsp3) is 0.893. The molecule has 10 atom stereocenters. The molecule has 0 aliphatic carbocycles. The highest BCUT2D eigenvalue weighted by molar-refractivity contribution is 5.79. The molecule has 15 heteroatoms. The van der Waals surface area contributed by atoms with E-state index in [0.29, 0.717) is 0 Å². The fourth-order valence-corrected chi connectivity index (χ4v) is 5.90. The molecule has 4 fully saturated rings. The second kappa shape index (κ2) is 12.7. The Hall–Kier alpha value is -2.11. The van der Waals surface area contributed by atoms with Gasteiger partial charge in [-0.25, -0.2) is 4.79 Å². The molecule has 246 valence electrons. The second-order valence-electron chi connectivity index (χ2n) is 13.0. The van der Waals surface area contributed by atoms with Crippen LogP contribution in [0.2, 0.25) is 0 Å². The molecule has 4 saturated heterocycles. The maximum absolute atomic E-state index is 13.7. The van der Waals surface area contributed by atoms with Gasteiger partial charge >= 0.3 is 12.1 Å². The van der Waals surface area contributed by atoms with E-state index in [1.165, 1.54) is 21.3 Å². The van der Waals surface area contributed by atoms with Crippen molar-refractivity contribution in [2.45, 2.75) is 140 Å². The summed E-state index contributed by atoms with van der Waals surface area (Å²) in [6.45, 7) is 12.2. The molecule has 0 unspecified atom stereocenters. The number of hydrogen-bond donors (Lipinski definition) is 2. The van der Waals surface area contributed by atoms with E-state index in [2.05, 4.69) is 10.6 Å². The second-order valence-corrected chi connectivity index (χ2v) is 13.0. The summed E-state index contributed by atoms with van der Waals surface area (Å²) in [5, 5.41) is 5.64. The number of nitrogens with one attached hydrogen (secondary N) is 2. The minimum absolute atomic E-state index is 0.220. The lowest BCUT2D eigenvalue weighted by Crippen LogP contribution is -2.54. The van der Waals surface area contributed by atoms with Crippen LogP contribution in [0.3, 0.4) is 0 Å². The number of amides is 2. The van der Waals surface area contributed by atoms with Gasteiger partial charge in [0.2, 0.25) is 5.91 Å². The molecule has 4 rings (SSSR count). The lowest BCUT2D eigenvalue weighted by atomic mass is 9.98. The average molecular weight is 619 g/mol. The highest BCUT2D eigenvalue weighted by Gasteiger charge is 2.59. The first-order chi connectivity index (χ1) is 20.0. The van der Waals surface area contributed by atoms with Crippen LogP contribution in [0, 0.1) is 0 Å². The zero-order chi connectivity index (χ0) is 31.9. The van der Waals surface area contributed by atoms with E-state index in [9.17, 15) is 14.4 Å². The Morgan fingerprint density at radius 3 is 1.58 bits per heavy atom. The lowest BCUT2D eigenvalue weighted by molar-refractivity contribution is -0.230.